The van der Waals surface area contributed by atoms with Gasteiger partial charge in [0.25, 0.3) is 0 Å². The Morgan fingerprint density at radius 1 is 0.794 bits per heavy atom. The van der Waals surface area contributed by atoms with Crippen LogP contribution in [-0.4, -0.2) is 54.9 Å². The fourth-order valence-electron chi connectivity index (χ4n) is 3.58. The number of esters is 1. The Hall–Kier alpha value is -1.87. The van der Waals surface area contributed by atoms with Gasteiger partial charge >= 0.3 is 14.8 Å². The maximum atomic E-state index is 11.3. The van der Waals surface area contributed by atoms with E-state index in [9.17, 15) is 4.79 Å². The SMILES string of the molecule is CCOc1ccc(C=CC(=O)OC)cc1OCCCCCCCC[Si](OCC)(OCC)OCC. The van der Waals surface area contributed by atoms with E-state index in [0.717, 1.165) is 43.7 Å². The molecule has 0 aliphatic carbocycles. The molecular formula is C26H44O7Si. The number of rotatable bonds is 20. The van der Waals surface area contributed by atoms with Gasteiger partial charge in [0.05, 0.1) is 20.3 Å². The molecule has 0 radical (unpaired) electrons. The Bertz CT molecular complexity index is 691. The lowest BCUT2D eigenvalue weighted by molar-refractivity contribution is -0.134. The van der Waals surface area contributed by atoms with Gasteiger partial charge in [0.15, 0.2) is 11.5 Å². The molecule has 7 nitrogen and oxygen atoms in total. The van der Waals surface area contributed by atoms with Gasteiger partial charge in [-0.25, -0.2) is 4.79 Å². The Labute approximate surface area is 207 Å². The van der Waals surface area contributed by atoms with Gasteiger partial charge in [-0.1, -0.05) is 31.7 Å². The van der Waals surface area contributed by atoms with Crippen LogP contribution in [0.15, 0.2) is 24.3 Å². The number of hydrogen-bond donors (Lipinski definition) is 0. The topological polar surface area (TPSA) is 72.5 Å². The zero-order valence-corrected chi connectivity index (χ0v) is 22.7. The van der Waals surface area contributed by atoms with Crippen LogP contribution in [-0.2, 0) is 22.8 Å². The average molecular weight is 497 g/mol. The maximum Gasteiger partial charge on any atom is 0.500 e. The summed E-state index contributed by atoms with van der Waals surface area (Å²) in [4.78, 5) is 11.3. The maximum absolute atomic E-state index is 11.3. The molecule has 0 unspecified atom stereocenters. The Morgan fingerprint density at radius 2 is 1.41 bits per heavy atom. The van der Waals surface area contributed by atoms with Crippen LogP contribution in [0.5, 0.6) is 11.5 Å². The second-order valence-electron chi connectivity index (χ2n) is 7.70. The highest BCUT2D eigenvalue weighted by Gasteiger charge is 2.39. The van der Waals surface area contributed by atoms with Gasteiger partial charge in [0.1, 0.15) is 0 Å². The number of carbonyl (C=O) groups is 1. The Morgan fingerprint density at radius 3 is 2.00 bits per heavy atom. The van der Waals surface area contributed by atoms with Crippen molar-refractivity contribution in [1.82, 2.24) is 0 Å². The molecule has 0 heterocycles. The minimum absolute atomic E-state index is 0.391. The number of methoxy groups -OCH3 is 1. The van der Waals surface area contributed by atoms with Crippen LogP contribution >= 0.6 is 0 Å². The average Bonchev–Trinajstić information content (AvgIpc) is 2.83. The number of ether oxygens (including phenoxy) is 3. The van der Waals surface area contributed by atoms with E-state index in [-0.39, 0.29) is 0 Å². The first kappa shape index (κ1) is 30.2. The zero-order chi connectivity index (χ0) is 25.1. The van der Waals surface area contributed by atoms with Crippen LogP contribution in [0.4, 0.5) is 0 Å². The number of unbranched alkanes of at least 4 members (excludes halogenated alkanes) is 5. The van der Waals surface area contributed by atoms with Crippen molar-refractivity contribution in [3.63, 3.8) is 0 Å². The molecule has 0 bridgehead atoms. The zero-order valence-electron chi connectivity index (χ0n) is 21.7. The highest BCUT2D eigenvalue weighted by Crippen LogP contribution is 2.29. The number of benzene rings is 1. The molecule has 0 aliphatic rings. The van der Waals surface area contributed by atoms with Crippen LogP contribution in [0.2, 0.25) is 6.04 Å². The summed E-state index contributed by atoms with van der Waals surface area (Å²) in [5.41, 5.74) is 0.856. The summed E-state index contributed by atoms with van der Waals surface area (Å²) in [6.45, 7) is 11.0. The largest absolute Gasteiger partial charge is 0.500 e. The quantitative estimate of drug-likeness (QED) is 0.0943. The highest BCUT2D eigenvalue weighted by atomic mass is 28.4. The third-order valence-electron chi connectivity index (χ3n) is 5.11. The molecule has 1 aromatic rings. The van der Waals surface area contributed by atoms with E-state index in [1.165, 1.54) is 19.6 Å². The predicted octanol–water partition coefficient (Wildman–Crippen LogP) is 6.04. The van der Waals surface area contributed by atoms with E-state index >= 15 is 0 Å². The summed E-state index contributed by atoms with van der Waals surface area (Å²) >= 11 is 0. The summed E-state index contributed by atoms with van der Waals surface area (Å²) in [6, 6.07) is 6.52. The van der Waals surface area contributed by atoms with E-state index in [0.29, 0.717) is 44.5 Å². The first-order valence-corrected chi connectivity index (χ1v) is 14.5. The van der Waals surface area contributed by atoms with Gasteiger partial charge < -0.3 is 27.5 Å². The third-order valence-corrected chi connectivity index (χ3v) is 8.26. The molecule has 0 aliphatic heterocycles. The van der Waals surface area contributed by atoms with Gasteiger partial charge in [-0.05, 0) is 64.3 Å². The first-order chi connectivity index (χ1) is 16.5. The predicted molar refractivity (Wildman–Crippen MR) is 137 cm³/mol. The standard InChI is InChI=1S/C26H44O7Si/c1-6-29-24-18-16-23(17-19-26(27)28-5)22-25(24)30-20-14-12-10-11-13-15-21-34(31-7-2,32-8-3)33-9-4/h16-19,22H,6-15,20-21H2,1-5H3. The first-order valence-electron chi connectivity index (χ1n) is 12.6. The minimum atomic E-state index is -2.51. The number of carbonyl (C=O) groups excluding carboxylic acids is 1. The molecule has 0 saturated carbocycles. The van der Waals surface area contributed by atoms with Crippen molar-refractivity contribution in [2.24, 2.45) is 0 Å². The molecule has 34 heavy (non-hydrogen) atoms. The molecule has 0 amide bonds. The normalized spacial score (nSPS) is 11.7. The van der Waals surface area contributed by atoms with Crippen LogP contribution in [0, 0.1) is 0 Å². The second kappa shape index (κ2) is 18.5. The lowest BCUT2D eigenvalue weighted by atomic mass is 10.1. The molecule has 0 fully saturated rings. The fraction of sp³-hybridized carbons (Fsp3) is 0.654. The van der Waals surface area contributed by atoms with E-state index in [1.807, 2.05) is 45.9 Å². The highest BCUT2D eigenvalue weighted by molar-refractivity contribution is 6.60. The molecule has 1 rings (SSSR count). The number of hydrogen-bond acceptors (Lipinski definition) is 7. The van der Waals surface area contributed by atoms with Gasteiger partial charge in [-0.2, -0.15) is 0 Å². The monoisotopic (exact) mass is 496 g/mol. The molecule has 0 aromatic heterocycles. The smallest absolute Gasteiger partial charge is 0.490 e. The van der Waals surface area contributed by atoms with Crippen LogP contribution in [0.1, 0.15) is 71.8 Å². The lowest BCUT2D eigenvalue weighted by Gasteiger charge is -2.28. The van der Waals surface area contributed by atoms with Gasteiger partial charge in [-0.3, -0.25) is 0 Å². The van der Waals surface area contributed by atoms with Crippen LogP contribution < -0.4 is 9.47 Å². The lowest BCUT2D eigenvalue weighted by Crippen LogP contribution is -2.45. The second-order valence-corrected chi connectivity index (χ2v) is 10.4. The van der Waals surface area contributed by atoms with Crippen molar-refractivity contribution in [2.45, 2.75) is 72.3 Å². The molecule has 0 spiro atoms. The van der Waals surface area contributed by atoms with E-state index < -0.39 is 14.8 Å². The molecular weight excluding hydrogens is 452 g/mol. The summed E-state index contributed by atoms with van der Waals surface area (Å²) in [7, 11) is -1.15. The van der Waals surface area contributed by atoms with Crippen molar-refractivity contribution >= 4 is 20.8 Å². The summed E-state index contributed by atoms with van der Waals surface area (Å²) in [5.74, 6) is 1.01. The van der Waals surface area contributed by atoms with Crippen molar-refractivity contribution in [3.8, 4) is 11.5 Å². The van der Waals surface area contributed by atoms with Crippen LogP contribution in [0.25, 0.3) is 6.08 Å². The van der Waals surface area contributed by atoms with Gasteiger partial charge in [0, 0.05) is 31.9 Å². The van der Waals surface area contributed by atoms with Crippen molar-refractivity contribution < 1.29 is 32.3 Å². The molecule has 194 valence electrons. The van der Waals surface area contributed by atoms with Gasteiger partial charge in [-0.15, -0.1) is 0 Å². The molecule has 8 heteroatoms. The van der Waals surface area contributed by atoms with Crippen molar-refractivity contribution in [3.05, 3.63) is 29.8 Å². The van der Waals surface area contributed by atoms with E-state index in [2.05, 4.69) is 4.74 Å². The van der Waals surface area contributed by atoms with Crippen LogP contribution in [0.3, 0.4) is 0 Å². The molecule has 0 saturated heterocycles. The summed E-state index contributed by atoms with van der Waals surface area (Å²) < 4.78 is 34.1. The summed E-state index contributed by atoms with van der Waals surface area (Å²) in [5, 5.41) is 0. The Balaban J connectivity index is 2.38. The van der Waals surface area contributed by atoms with Crippen molar-refractivity contribution in [1.29, 1.82) is 0 Å². The van der Waals surface area contributed by atoms with Gasteiger partial charge in [0.2, 0.25) is 0 Å². The molecule has 0 atom stereocenters. The van der Waals surface area contributed by atoms with E-state index in [1.54, 1.807) is 6.08 Å². The minimum Gasteiger partial charge on any atom is -0.490 e. The Kier molecular flexibility index (Phi) is 16.4. The third kappa shape index (κ3) is 12.0. The van der Waals surface area contributed by atoms with Crippen molar-refractivity contribution in [2.75, 3.05) is 40.1 Å². The molecule has 0 N–H and O–H groups in total. The summed E-state index contributed by atoms with van der Waals surface area (Å²) in [6.07, 6.45) is 9.72. The molecule has 1 aromatic carbocycles. The van der Waals surface area contributed by atoms with E-state index in [4.69, 9.17) is 22.8 Å². The fourth-order valence-corrected chi connectivity index (χ4v) is 6.27.